The lowest BCUT2D eigenvalue weighted by Crippen LogP contribution is -2.26. The zero-order valence-electron chi connectivity index (χ0n) is 8.16. The molecule has 1 aromatic heterocycles. The highest BCUT2D eigenvalue weighted by atomic mass is 79.9. The number of imidazole rings is 1. The van der Waals surface area contributed by atoms with Crippen molar-refractivity contribution in [2.75, 3.05) is 0 Å². The van der Waals surface area contributed by atoms with Crippen LogP contribution in [0.25, 0.3) is 11.0 Å². The van der Waals surface area contributed by atoms with E-state index in [1.165, 1.54) is 6.42 Å². The van der Waals surface area contributed by atoms with Crippen LogP contribution in [-0.2, 0) is 0 Å². The van der Waals surface area contributed by atoms with E-state index >= 15 is 0 Å². The van der Waals surface area contributed by atoms with Crippen LogP contribution in [0.1, 0.15) is 25.3 Å². The second-order valence-electron chi connectivity index (χ2n) is 4.02. The van der Waals surface area contributed by atoms with Crippen LogP contribution in [0, 0.1) is 0 Å². The van der Waals surface area contributed by atoms with E-state index in [1.54, 1.807) is 0 Å². The molecular formula is C11H11BrN2O. The van der Waals surface area contributed by atoms with E-state index in [0.29, 0.717) is 6.04 Å². The second kappa shape index (κ2) is 3.23. The third-order valence-corrected chi connectivity index (χ3v) is 3.80. The number of nitrogens with one attached hydrogen (secondary N) is 1. The van der Waals surface area contributed by atoms with Crippen LogP contribution in [0.4, 0.5) is 0 Å². The third-order valence-electron chi connectivity index (χ3n) is 3.14. The summed E-state index contributed by atoms with van der Waals surface area (Å²) in [6.07, 6.45) is 3.48. The van der Waals surface area contributed by atoms with Gasteiger partial charge in [-0.1, -0.05) is 6.07 Å². The molecule has 78 valence electrons. The first kappa shape index (κ1) is 9.21. The standard InChI is InChI=1S/C11H11BrN2O/c12-8-5-2-6-9-10(8)13-11(15)14(9)7-3-1-4-7/h2,5-7H,1,3-4H2,(H,13,15). The van der Waals surface area contributed by atoms with Crippen LogP contribution in [0.3, 0.4) is 0 Å². The Morgan fingerprint density at radius 2 is 2.20 bits per heavy atom. The molecule has 4 heteroatoms. The van der Waals surface area contributed by atoms with Gasteiger partial charge in [-0.25, -0.2) is 4.79 Å². The first-order valence-corrected chi connectivity index (χ1v) is 5.95. The smallest absolute Gasteiger partial charge is 0.305 e. The molecule has 1 N–H and O–H groups in total. The topological polar surface area (TPSA) is 37.8 Å². The van der Waals surface area contributed by atoms with Gasteiger partial charge in [0, 0.05) is 10.5 Å². The van der Waals surface area contributed by atoms with Gasteiger partial charge in [-0.2, -0.15) is 0 Å². The van der Waals surface area contributed by atoms with Crippen molar-refractivity contribution >= 4 is 27.0 Å². The minimum absolute atomic E-state index is 0.0154. The summed E-state index contributed by atoms with van der Waals surface area (Å²) in [5.74, 6) is 0. The summed E-state index contributed by atoms with van der Waals surface area (Å²) in [5.41, 5.74) is 1.94. The van der Waals surface area contributed by atoms with Crippen LogP contribution in [0.15, 0.2) is 27.5 Å². The fraction of sp³-hybridized carbons (Fsp3) is 0.364. The largest absolute Gasteiger partial charge is 0.326 e. The number of H-pyrrole nitrogens is 1. The van der Waals surface area contributed by atoms with E-state index in [0.717, 1.165) is 28.3 Å². The predicted octanol–water partition coefficient (Wildman–Crippen LogP) is 2.82. The predicted molar refractivity (Wildman–Crippen MR) is 63.1 cm³/mol. The summed E-state index contributed by atoms with van der Waals surface area (Å²) in [4.78, 5) is 14.7. The van der Waals surface area contributed by atoms with Gasteiger partial charge in [-0.3, -0.25) is 4.57 Å². The molecule has 0 saturated heterocycles. The highest BCUT2D eigenvalue weighted by Crippen LogP contribution is 2.33. The first-order chi connectivity index (χ1) is 7.27. The molecule has 3 rings (SSSR count). The molecule has 3 nitrogen and oxygen atoms in total. The van der Waals surface area contributed by atoms with E-state index in [1.807, 2.05) is 22.8 Å². The first-order valence-electron chi connectivity index (χ1n) is 5.16. The van der Waals surface area contributed by atoms with Gasteiger partial charge >= 0.3 is 5.69 Å². The van der Waals surface area contributed by atoms with Gasteiger partial charge < -0.3 is 4.98 Å². The van der Waals surface area contributed by atoms with E-state index in [2.05, 4.69) is 20.9 Å². The van der Waals surface area contributed by atoms with Crippen molar-refractivity contribution < 1.29 is 0 Å². The van der Waals surface area contributed by atoms with Crippen LogP contribution in [0.5, 0.6) is 0 Å². The highest BCUT2D eigenvalue weighted by molar-refractivity contribution is 9.10. The average Bonchev–Trinajstić information content (AvgIpc) is 2.44. The fourth-order valence-electron chi connectivity index (χ4n) is 2.12. The summed E-state index contributed by atoms with van der Waals surface area (Å²) in [7, 11) is 0. The van der Waals surface area contributed by atoms with Gasteiger partial charge in [-0.15, -0.1) is 0 Å². The van der Waals surface area contributed by atoms with Crippen LogP contribution >= 0.6 is 15.9 Å². The number of hydrogen-bond acceptors (Lipinski definition) is 1. The van der Waals surface area contributed by atoms with E-state index in [4.69, 9.17) is 0 Å². The van der Waals surface area contributed by atoms with Crippen LogP contribution in [-0.4, -0.2) is 9.55 Å². The Labute approximate surface area is 95.2 Å². The van der Waals surface area contributed by atoms with Gasteiger partial charge in [0.15, 0.2) is 0 Å². The number of nitrogens with zero attached hydrogens (tertiary/aromatic N) is 1. The van der Waals surface area contributed by atoms with Gasteiger partial charge in [0.25, 0.3) is 0 Å². The van der Waals surface area contributed by atoms with E-state index in [-0.39, 0.29) is 5.69 Å². The number of aromatic nitrogens is 2. The molecule has 0 bridgehead atoms. The zero-order chi connectivity index (χ0) is 10.4. The maximum Gasteiger partial charge on any atom is 0.326 e. The van der Waals surface area contributed by atoms with E-state index < -0.39 is 0 Å². The van der Waals surface area contributed by atoms with Crippen LogP contribution < -0.4 is 5.69 Å². The summed E-state index contributed by atoms with van der Waals surface area (Å²) in [6.45, 7) is 0. The summed E-state index contributed by atoms with van der Waals surface area (Å²) < 4.78 is 2.85. The lowest BCUT2D eigenvalue weighted by molar-refractivity contribution is 0.314. The maximum atomic E-state index is 11.8. The van der Waals surface area contributed by atoms with Gasteiger partial charge in [0.2, 0.25) is 0 Å². The van der Waals surface area contributed by atoms with Crippen molar-refractivity contribution in [2.45, 2.75) is 25.3 Å². The molecule has 0 amide bonds. The Morgan fingerprint density at radius 1 is 1.40 bits per heavy atom. The summed E-state index contributed by atoms with van der Waals surface area (Å²) >= 11 is 3.45. The summed E-state index contributed by atoms with van der Waals surface area (Å²) in [5, 5.41) is 0. The number of halogens is 1. The molecule has 1 fully saturated rings. The van der Waals surface area contributed by atoms with Gasteiger partial charge in [-0.05, 0) is 47.3 Å². The molecule has 0 radical (unpaired) electrons. The molecule has 0 spiro atoms. The Kier molecular flexibility index (Phi) is 1.99. The molecule has 1 heterocycles. The van der Waals surface area contributed by atoms with Crippen molar-refractivity contribution in [3.8, 4) is 0 Å². The van der Waals surface area contributed by atoms with Gasteiger partial charge in [0.1, 0.15) is 0 Å². The fourth-order valence-corrected chi connectivity index (χ4v) is 2.58. The second-order valence-corrected chi connectivity index (χ2v) is 4.87. The number of hydrogen-bond donors (Lipinski definition) is 1. The highest BCUT2D eigenvalue weighted by Gasteiger charge is 2.23. The Balaban J connectivity index is 2.32. The Bertz CT molecular complexity index is 565. The lowest BCUT2D eigenvalue weighted by Gasteiger charge is -2.26. The maximum absolute atomic E-state index is 11.8. The number of aromatic amines is 1. The van der Waals surface area contributed by atoms with Crippen molar-refractivity contribution in [2.24, 2.45) is 0 Å². The normalized spacial score (nSPS) is 16.9. The minimum atomic E-state index is 0.0154. The lowest BCUT2D eigenvalue weighted by atomic mass is 9.93. The quantitative estimate of drug-likeness (QED) is 0.847. The monoisotopic (exact) mass is 266 g/mol. The zero-order valence-corrected chi connectivity index (χ0v) is 9.75. The third kappa shape index (κ3) is 1.28. The summed E-state index contributed by atoms with van der Waals surface area (Å²) in [6, 6.07) is 6.31. The molecule has 1 aliphatic carbocycles. The number of rotatable bonds is 1. The molecule has 0 unspecified atom stereocenters. The van der Waals surface area contributed by atoms with E-state index in [9.17, 15) is 4.79 Å². The molecule has 1 aliphatic rings. The molecular weight excluding hydrogens is 256 g/mol. The number of benzene rings is 1. The molecule has 1 saturated carbocycles. The Morgan fingerprint density at radius 3 is 2.87 bits per heavy atom. The molecule has 15 heavy (non-hydrogen) atoms. The van der Waals surface area contributed by atoms with Gasteiger partial charge in [0.05, 0.1) is 11.0 Å². The van der Waals surface area contributed by atoms with Crippen molar-refractivity contribution in [3.63, 3.8) is 0 Å². The Hall–Kier alpha value is -1.03. The average molecular weight is 267 g/mol. The molecule has 0 atom stereocenters. The number of para-hydroxylation sites is 1. The minimum Gasteiger partial charge on any atom is -0.305 e. The van der Waals surface area contributed by atoms with Crippen LogP contribution in [0.2, 0.25) is 0 Å². The SMILES string of the molecule is O=c1[nH]c2c(Br)cccc2n1C1CCC1. The van der Waals surface area contributed by atoms with Crippen molar-refractivity contribution in [1.29, 1.82) is 0 Å². The number of fused-ring (bicyclic) bond motifs is 1. The molecule has 2 aromatic rings. The molecule has 0 aliphatic heterocycles. The molecule has 1 aromatic carbocycles. The van der Waals surface area contributed by atoms with Crippen molar-refractivity contribution in [3.05, 3.63) is 33.2 Å². The van der Waals surface area contributed by atoms with Crippen molar-refractivity contribution in [1.82, 2.24) is 9.55 Å².